The summed E-state index contributed by atoms with van der Waals surface area (Å²) < 4.78 is 26.7. The number of aliphatic hydroxyl groups is 1. The molecule has 0 saturated heterocycles. The van der Waals surface area contributed by atoms with Crippen LogP contribution >= 0.6 is 0 Å². The van der Waals surface area contributed by atoms with Crippen molar-refractivity contribution >= 4 is 61.5 Å². The number of benzene rings is 1. The first kappa shape index (κ1) is 14.6. The molecule has 0 bridgehead atoms. The molecular weight excluding hydrogens is 231 g/mol. The molecule has 74 valence electrons. The summed E-state index contributed by atoms with van der Waals surface area (Å²) in [5.41, 5.74) is 0. The minimum absolute atomic E-state index is 0. The second-order valence-electron chi connectivity index (χ2n) is 2.38. The average molecular weight is 242 g/mol. The van der Waals surface area contributed by atoms with E-state index >= 15 is 0 Å². The Balaban J connectivity index is 0.00000169. The first-order chi connectivity index (χ1) is 6.14. The van der Waals surface area contributed by atoms with Gasteiger partial charge in [-0.05, 0) is 12.1 Å². The average Bonchev–Trinajstić information content (AvgIpc) is 2.04. The molecule has 1 aromatic carbocycles. The van der Waals surface area contributed by atoms with E-state index in [1.807, 2.05) is 0 Å². The summed E-state index contributed by atoms with van der Waals surface area (Å²) >= 11 is 0. The molecule has 0 aromatic heterocycles. The number of rotatable bonds is 4. The summed E-state index contributed by atoms with van der Waals surface area (Å²) in [5, 5.41) is 8.42. The first-order valence-corrected chi connectivity index (χ1v) is 5.30. The normalized spacial score (nSPS) is 10.4. The van der Waals surface area contributed by atoms with Gasteiger partial charge in [0.05, 0.1) is 6.61 Å². The van der Waals surface area contributed by atoms with Gasteiger partial charge in [0.2, 0.25) is 0 Å². The third-order valence-corrected chi connectivity index (χ3v) is 2.44. The van der Waals surface area contributed by atoms with E-state index in [1.165, 1.54) is 12.1 Å². The fourth-order valence-corrected chi connectivity index (χ4v) is 1.49. The zero-order valence-corrected chi connectivity index (χ0v) is 7.70. The third-order valence-electron chi connectivity index (χ3n) is 1.31. The third kappa shape index (κ3) is 5.45. The second kappa shape index (κ2) is 6.94. The SMILES string of the molecule is O=S(=O)(CCO)Oc1ccccc1.[KH]. The van der Waals surface area contributed by atoms with Crippen LogP contribution in [0.5, 0.6) is 5.75 Å². The van der Waals surface area contributed by atoms with E-state index in [0.29, 0.717) is 0 Å². The molecule has 0 aliphatic heterocycles. The number of para-hydroxylation sites is 1. The van der Waals surface area contributed by atoms with Crippen molar-refractivity contribution in [1.29, 1.82) is 0 Å². The quantitative estimate of drug-likeness (QED) is 0.583. The van der Waals surface area contributed by atoms with Gasteiger partial charge >= 0.3 is 61.5 Å². The monoisotopic (exact) mass is 242 g/mol. The van der Waals surface area contributed by atoms with Crippen LogP contribution in [0.2, 0.25) is 0 Å². The van der Waals surface area contributed by atoms with E-state index in [2.05, 4.69) is 4.18 Å². The molecular formula is C8H11KO4S. The Morgan fingerprint density at radius 1 is 1.21 bits per heavy atom. The molecule has 6 heteroatoms. The molecule has 0 atom stereocenters. The van der Waals surface area contributed by atoms with E-state index < -0.39 is 16.7 Å². The number of hydrogen-bond donors (Lipinski definition) is 1. The molecule has 0 unspecified atom stereocenters. The standard InChI is InChI=1S/C8H10O4S.K.H/c9-6-7-13(10,11)12-8-4-2-1-3-5-8;;/h1-5,9H,6-7H2;;. The van der Waals surface area contributed by atoms with Crippen LogP contribution < -0.4 is 4.18 Å². The van der Waals surface area contributed by atoms with Crippen molar-refractivity contribution < 1.29 is 17.7 Å². The summed E-state index contributed by atoms with van der Waals surface area (Å²) in [6.07, 6.45) is 0. The molecule has 14 heavy (non-hydrogen) atoms. The van der Waals surface area contributed by atoms with E-state index in [9.17, 15) is 8.42 Å². The van der Waals surface area contributed by atoms with Crippen LogP contribution in [-0.4, -0.2) is 77.3 Å². The topological polar surface area (TPSA) is 63.6 Å². The first-order valence-electron chi connectivity index (χ1n) is 3.72. The summed E-state index contributed by atoms with van der Waals surface area (Å²) in [6, 6.07) is 8.17. The molecule has 0 spiro atoms. The van der Waals surface area contributed by atoms with Crippen LogP contribution in [0.3, 0.4) is 0 Å². The van der Waals surface area contributed by atoms with Crippen molar-refractivity contribution in [1.82, 2.24) is 0 Å². The van der Waals surface area contributed by atoms with Crippen LogP contribution in [0.15, 0.2) is 30.3 Å². The summed E-state index contributed by atoms with van der Waals surface area (Å²) in [7, 11) is -3.63. The maximum atomic E-state index is 11.0. The fourth-order valence-electron chi connectivity index (χ4n) is 0.776. The molecule has 1 N–H and O–H groups in total. The molecule has 0 saturated carbocycles. The van der Waals surface area contributed by atoms with Gasteiger partial charge < -0.3 is 9.29 Å². The van der Waals surface area contributed by atoms with Gasteiger partial charge in [-0.2, -0.15) is 8.42 Å². The van der Waals surface area contributed by atoms with Gasteiger partial charge in [0, 0.05) is 0 Å². The van der Waals surface area contributed by atoms with Gasteiger partial charge in [-0.1, -0.05) is 18.2 Å². The predicted octanol–water partition coefficient (Wildman–Crippen LogP) is -0.261. The molecule has 4 nitrogen and oxygen atoms in total. The van der Waals surface area contributed by atoms with Crippen molar-refractivity contribution in [3.63, 3.8) is 0 Å². The van der Waals surface area contributed by atoms with E-state index in [4.69, 9.17) is 5.11 Å². The van der Waals surface area contributed by atoms with Crippen LogP contribution in [0.4, 0.5) is 0 Å². The molecule has 1 aromatic rings. The van der Waals surface area contributed by atoms with Crippen LogP contribution in [0.25, 0.3) is 0 Å². The zero-order valence-electron chi connectivity index (χ0n) is 6.88. The van der Waals surface area contributed by atoms with Gasteiger partial charge in [0.1, 0.15) is 11.5 Å². The van der Waals surface area contributed by atoms with Crippen molar-refractivity contribution in [2.24, 2.45) is 0 Å². The van der Waals surface area contributed by atoms with Crippen molar-refractivity contribution in [3.05, 3.63) is 30.3 Å². The van der Waals surface area contributed by atoms with Gasteiger partial charge in [-0.25, -0.2) is 0 Å². The van der Waals surface area contributed by atoms with E-state index in [1.54, 1.807) is 18.2 Å². The molecule has 1 rings (SSSR count). The number of hydrogen-bond acceptors (Lipinski definition) is 4. The van der Waals surface area contributed by atoms with Gasteiger partial charge in [0.15, 0.2) is 0 Å². The van der Waals surface area contributed by atoms with Gasteiger partial charge in [0.25, 0.3) is 0 Å². The molecule has 0 radical (unpaired) electrons. The predicted molar refractivity (Wildman–Crippen MR) is 55.1 cm³/mol. The van der Waals surface area contributed by atoms with Gasteiger partial charge in [-0.3, -0.25) is 0 Å². The second-order valence-corrected chi connectivity index (χ2v) is 4.07. The molecule has 0 heterocycles. The Hall–Kier alpha value is 0.566. The van der Waals surface area contributed by atoms with Crippen molar-refractivity contribution in [3.8, 4) is 5.75 Å². The zero-order chi connectivity index (χ0) is 9.73. The Morgan fingerprint density at radius 2 is 1.79 bits per heavy atom. The van der Waals surface area contributed by atoms with Crippen LogP contribution in [0.1, 0.15) is 0 Å². The Morgan fingerprint density at radius 3 is 2.29 bits per heavy atom. The fraction of sp³-hybridized carbons (Fsp3) is 0.250. The van der Waals surface area contributed by atoms with Crippen molar-refractivity contribution in [2.45, 2.75) is 0 Å². The summed E-state index contributed by atoms with van der Waals surface area (Å²) in [6.45, 7) is -0.435. The Bertz CT molecular complexity index is 349. The van der Waals surface area contributed by atoms with Crippen molar-refractivity contribution in [2.75, 3.05) is 12.4 Å². The summed E-state index contributed by atoms with van der Waals surface area (Å²) in [5.74, 6) is -0.127. The van der Waals surface area contributed by atoms with Crippen LogP contribution in [-0.2, 0) is 10.1 Å². The molecule has 0 amide bonds. The molecule has 0 aliphatic carbocycles. The maximum absolute atomic E-state index is 11.0. The number of aliphatic hydroxyl groups excluding tert-OH is 1. The Kier molecular flexibility index (Phi) is 7.22. The summed E-state index contributed by atoms with van der Waals surface area (Å²) in [4.78, 5) is 0. The van der Waals surface area contributed by atoms with E-state index in [-0.39, 0.29) is 62.9 Å². The van der Waals surface area contributed by atoms with Gasteiger partial charge in [-0.15, -0.1) is 0 Å². The molecule has 0 fully saturated rings. The van der Waals surface area contributed by atoms with E-state index in [0.717, 1.165) is 0 Å². The minimum atomic E-state index is -3.63. The van der Waals surface area contributed by atoms with Crippen LogP contribution in [0, 0.1) is 0 Å². The molecule has 0 aliphatic rings. The Labute approximate surface area is 126 Å².